The van der Waals surface area contributed by atoms with Crippen LogP contribution in [0, 0.1) is 58.1 Å². The molecule has 5 aromatic carbocycles. The number of pyridine rings is 2. The molecule has 2 heterocycles. The molecule has 0 bridgehead atoms. The third-order valence-electron chi connectivity index (χ3n) is 12.5. The number of aryl methyl sites for hydroxylation is 5. The zero-order chi connectivity index (χ0) is 45.2. The van der Waals surface area contributed by atoms with E-state index in [9.17, 15) is 9.90 Å². The Balaban J connectivity index is 0.000000215. The zero-order valence-corrected chi connectivity index (χ0v) is 42.9. The van der Waals surface area contributed by atoms with Crippen LogP contribution in [0.25, 0.3) is 44.1 Å². The first-order valence-electron chi connectivity index (χ1n) is 22.3. The van der Waals surface area contributed by atoms with Gasteiger partial charge < -0.3 is 15.1 Å². The number of benzene rings is 5. The van der Waals surface area contributed by atoms with Gasteiger partial charge in [-0.05, 0) is 77.7 Å². The van der Waals surface area contributed by atoms with E-state index in [1.54, 1.807) is 0 Å². The van der Waals surface area contributed by atoms with Gasteiger partial charge in [-0.1, -0.05) is 158 Å². The number of carbonyl (C=O) groups is 1. The van der Waals surface area contributed by atoms with Gasteiger partial charge in [0, 0.05) is 49.9 Å². The molecular weight excluding hydrogens is 965 g/mol. The second-order valence-electron chi connectivity index (χ2n) is 17.7. The third kappa shape index (κ3) is 12.6. The van der Waals surface area contributed by atoms with E-state index in [-0.39, 0.29) is 43.0 Å². The Hall–Kier alpha value is -5.00. The van der Waals surface area contributed by atoms with Gasteiger partial charge >= 0.3 is 0 Å². The summed E-state index contributed by atoms with van der Waals surface area (Å²) in [6.45, 7) is 25.4. The summed E-state index contributed by atoms with van der Waals surface area (Å²) in [5.74, 6) is 0.437. The molecule has 1 N–H and O–H groups in total. The van der Waals surface area contributed by atoms with Crippen LogP contribution in [-0.4, -0.2) is 28.9 Å². The van der Waals surface area contributed by atoms with Crippen molar-refractivity contribution in [1.29, 1.82) is 0 Å². The Morgan fingerprint density at radius 1 is 0.651 bits per heavy atom. The Labute approximate surface area is 392 Å². The van der Waals surface area contributed by atoms with E-state index in [4.69, 9.17) is 0 Å². The first-order chi connectivity index (χ1) is 29.5. The first kappa shape index (κ1) is 50.6. The number of rotatable bonds is 11. The monoisotopic (exact) mass is 1030 g/mol. The molecule has 7 rings (SSSR count). The second-order valence-corrected chi connectivity index (χ2v) is 22.1. The van der Waals surface area contributed by atoms with Crippen LogP contribution in [-0.2, 0) is 24.9 Å². The summed E-state index contributed by atoms with van der Waals surface area (Å²) in [5.41, 5.74) is 9.94. The Morgan fingerprint density at radius 2 is 1.14 bits per heavy atom. The molecule has 0 saturated carbocycles. The van der Waals surface area contributed by atoms with Crippen molar-refractivity contribution in [2.24, 2.45) is 11.3 Å². The number of nitrogens with zero attached hydrogens (tertiary/aromatic N) is 2. The van der Waals surface area contributed by atoms with E-state index in [1.807, 2.05) is 47.0 Å². The number of hydrogen-bond donors (Lipinski definition) is 1. The number of aliphatic hydroxyl groups is 1. The van der Waals surface area contributed by atoms with Gasteiger partial charge in [-0.3, -0.25) is 4.79 Å². The van der Waals surface area contributed by atoms with Crippen LogP contribution >= 0.6 is 0 Å². The fourth-order valence-corrected chi connectivity index (χ4v) is 10.5. The van der Waals surface area contributed by atoms with Crippen LogP contribution in [0.1, 0.15) is 88.1 Å². The fourth-order valence-electron chi connectivity index (χ4n) is 8.09. The maximum atomic E-state index is 12.0. The summed E-state index contributed by atoms with van der Waals surface area (Å²) >= 11 is 0. The van der Waals surface area contributed by atoms with Crippen LogP contribution < -0.4 is 10.4 Å². The van der Waals surface area contributed by atoms with Crippen molar-refractivity contribution in [3.63, 3.8) is 0 Å². The smallest absolute Gasteiger partial charge is 0.164 e. The average Bonchev–Trinajstić information content (AvgIpc) is 3.25. The van der Waals surface area contributed by atoms with E-state index in [0.29, 0.717) is 0 Å². The maximum absolute atomic E-state index is 12.0. The Morgan fingerprint density at radius 3 is 1.62 bits per heavy atom. The van der Waals surface area contributed by atoms with Crippen molar-refractivity contribution in [3.05, 3.63) is 167 Å². The molecule has 7 aromatic rings. The SMILES string of the molecule is CCC(CC)/C(O)=C/C(=O)C(C)(CC)CC.Cc1[c-]c(-c2nccc3cc(C)ccc23)cc(C)c1.Cc1[c-]c(-c2nccc3cc([Si](C)(C)c4ccccc4)ccc23)cc(C)c1.[Ir]. The van der Waals surface area contributed by atoms with E-state index in [2.05, 4.69) is 173 Å². The molecule has 331 valence electrons. The Kier molecular flexibility index (Phi) is 18.1. The molecule has 0 saturated heterocycles. The molecule has 0 atom stereocenters. The average molecular weight is 1030 g/mol. The van der Waals surface area contributed by atoms with Crippen LogP contribution in [0.4, 0.5) is 0 Å². The summed E-state index contributed by atoms with van der Waals surface area (Å²) in [5, 5.41) is 17.6. The summed E-state index contributed by atoms with van der Waals surface area (Å²) in [6, 6.07) is 44.0. The summed E-state index contributed by atoms with van der Waals surface area (Å²) in [6.07, 6.45) is 8.63. The van der Waals surface area contributed by atoms with Gasteiger partial charge in [0.1, 0.15) is 8.07 Å². The topological polar surface area (TPSA) is 63.1 Å². The zero-order valence-electron chi connectivity index (χ0n) is 39.5. The Bertz CT molecular complexity index is 2620. The van der Waals surface area contributed by atoms with Crippen molar-refractivity contribution in [3.8, 4) is 22.5 Å². The van der Waals surface area contributed by atoms with Crippen LogP contribution in [0.2, 0.25) is 13.1 Å². The van der Waals surface area contributed by atoms with Gasteiger partial charge in [-0.25, -0.2) is 0 Å². The number of carbonyl (C=O) groups excluding carboxylic acids is 1. The van der Waals surface area contributed by atoms with Gasteiger partial charge in [0.05, 0.1) is 5.76 Å². The summed E-state index contributed by atoms with van der Waals surface area (Å²) in [4.78, 5) is 21.3. The molecule has 0 aliphatic carbocycles. The molecule has 0 aliphatic rings. The van der Waals surface area contributed by atoms with Crippen molar-refractivity contribution in [2.75, 3.05) is 0 Å². The van der Waals surface area contributed by atoms with Crippen molar-refractivity contribution in [2.45, 2.75) is 108 Å². The van der Waals surface area contributed by atoms with Gasteiger partial charge in [0.15, 0.2) is 5.78 Å². The first-order valence-corrected chi connectivity index (χ1v) is 25.3. The van der Waals surface area contributed by atoms with E-state index in [0.717, 1.165) is 59.3 Å². The molecule has 6 heteroatoms. The van der Waals surface area contributed by atoms with Crippen LogP contribution in [0.15, 0.2) is 127 Å². The normalized spacial score (nSPS) is 11.7. The summed E-state index contributed by atoms with van der Waals surface area (Å²) in [7, 11) is -1.72. The van der Waals surface area contributed by atoms with E-state index < -0.39 is 8.07 Å². The quantitative estimate of drug-likeness (QED) is 0.0607. The minimum atomic E-state index is -1.72. The molecule has 0 amide bonds. The summed E-state index contributed by atoms with van der Waals surface area (Å²) < 4.78 is 0. The molecular formula is C57H66IrN2O2Si-2. The van der Waals surface area contributed by atoms with Crippen molar-refractivity contribution < 1.29 is 30.0 Å². The number of allylic oxidation sites excluding steroid dienone is 2. The van der Waals surface area contributed by atoms with Crippen molar-refractivity contribution in [1.82, 2.24) is 9.97 Å². The van der Waals surface area contributed by atoms with Gasteiger partial charge in [-0.2, -0.15) is 0 Å². The number of fused-ring (bicyclic) bond motifs is 2. The minimum Gasteiger partial charge on any atom is -0.512 e. The molecule has 0 unspecified atom stereocenters. The number of aliphatic hydroxyl groups excluding tert-OH is 1. The predicted octanol–water partition coefficient (Wildman–Crippen LogP) is 14.0. The molecule has 0 spiro atoms. The third-order valence-corrected chi connectivity index (χ3v) is 16.1. The van der Waals surface area contributed by atoms with Gasteiger partial charge in [-0.15, -0.1) is 69.8 Å². The van der Waals surface area contributed by atoms with Crippen molar-refractivity contribution >= 4 is 45.8 Å². The molecule has 2 aromatic heterocycles. The van der Waals surface area contributed by atoms with Crippen LogP contribution in [0.3, 0.4) is 0 Å². The molecule has 0 fully saturated rings. The minimum absolute atomic E-state index is 0. The molecule has 63 heavy (non-hydrogen) atoms. The standard InChI is InChI=1S/C25H24NSi.C18H16N.C14H26O2.Ir/c1-18-14-19(2)16-21(15-18)25-24-11-10-23(17-20(24)12-13-26-25)27(3,4)22-8-6-5-7-9-22;1-12-4-5-17-15(9-12)6-7-19-18(17)16-10-13(2)8-14(3)11-16;1-6-11(7-2)12(15)10-13(16)14(5,8-3)9-4;/h5-15,17H,1-4H3;4-10H,1-3H3;10-11,15H,6-9H2,1-5H3;/q2*-1;;/b;;12-10-;. The number of hydrogen-bond acceptors (Lipinski definition) is 4. The van der Waals surface area contributed by atoms with E-state index in [1.165, 1.54) is 54.7 Å². The molecule has 1 radical (unpaired) electrons. The molecule has 4 nitrogen and oxygen atoms in total. The van der Waals surface area contributed by atoms with Gasteiger partial charge in [0.2, 0.25) is 0 Å². The maximum Gasteiger partial charge on any atom is 0.164 e. The van der Waals surface area contributed by atoms with Crippen LogP contribution in [0.5, 0.6) is 0 Å². The number of aromatic nitrogens is 2. The second kappa shape index (κ2) is 22.6. The fraction of sp³-hybridized carbons (Fsp3) is 0.316. The number of ketones is 1. The van der Waals surface area contributed by atoms with Gasteiger partial charge in [0.25, 0.3) is 0 Å². The predicted molar refractivity (Wildman–Crippen MR) is 267 cm³/mol. The largest absolute Gasteiger partial charge is 0.512 e. The van der Waals surface area contributed by atoms with E-state index >= 15 is 0 Å². The molecule has 0 aliphatic heterocycles.